The number of carboxylic acid groups (broad SMARTS) is 1. The Bertz CT molecular complexity index is 618. The highest BCUT2D eigenvalue weighted by Crippen LogP contribution is 2.18. The lowest BCUT2D eigenvalue weighted by Crippen LogP contribution is -1.92. The molecule has 0 saturated carbocycles. The van der Waals surface area contributed by atoms with Crippen molar-refractivity contribution < 1.29 is 9.90 Å². The number of nitrogens with zero attached hydrogens (tertiary/aromatic N) is 2. The second kappa shape index (κ2) is 4.33. The summed E-state index contributed by atoms with van der Waals surface area (Å²) in [6.45, 7) is 3.86. The van der Waals surface area contributed by atoms with Crippen molar-refractivity contribution in [1.82, 2.24) is 9.97 Å². The lowest BCUT2D eigenvalue weighted by Gasteiger charge is -2.04. The molecule has 0 bridgehead atoms. The van der Waals surface area contributed by atoms with Gasteiger partial charge in [0.2, 0.25) is 0 Å². The molecule has 0 saturated heterocycles. The molecule has 0 aromatic carbocycles. The van der Waals surface area contributed by atoms with Gasteiger partial charge in [-0.3, -0.25) is 4.98 Å². The molecule has 1 N–H and O–H groups in total. The van der Waals surface area contributed by atoms with E-state index in [4.69, 9.17) is 5.11 Å². The zero-order valence-electron chi connectivity index (χ0n) is 9.64. The smallest absolute Gasteiger partial charge is 0.328 e. The summed E-state index contributed by atoms with van der Waals surface area (Å²) >= 11 is 0. The molecule has 2 aromatic heterocycles. The van der Waals surface area contributed by atoms with E-state index in [0.717, 1.165) is 28.2 Å². The fraction of sp³-hybridized carbons (Fsp3) is 0.154. The number of hydrogen-bond acceptors (Lipinski definition) is 3. The first kappa shape index (κ1) is 11.3. The van der Waals surface area contributed by atoms with Crippen molar-refractivity contribution in [3.8, 4) is 0 Å². The van der Waals surface area contributed by atoms with Gasteiger partial charge in [0, 0.05) is 23.4 Å². The van der Waals surface area contributed by atoms with Gasteiger partial charge in [-0.25, -0.2) is 9.78 Å². The maximum atomic E-state index is 10.4. The summed E-state index contributed by atoms with van der Waals surface area (Å²) in [5, 5.41) is 9.56. The van der Waals surface area contributed by atoms with Gasteiger partial charge in [-0.2, -0.15) is 0 Å². The van der Waals surface area contributed by atoms with Crippen molar-refractivity contribution in [2.45, 2.75) is 13.8 Å². The fourth-order valence-corrected chi connectivity index (χ4v) is 1.64. The average Bonchev–Trinajstić information content (AvgIpc) is 2.31. The maximum Gasteiger partial charge on any atom is 0.328 e. The molecule has 86 valence electrons. The third kappa shape index (κ3) is 2.30. The Morgan fingerprint density at radius 3 is 2.82 bits per heavy atom. The minimum Gasteiger partial charge on any atom is -0.478 e. The van der Waals surface area contributed by atoms with Crippen LogP contribution in [0.2, 0.25) is 0 Å². The molecule has 2 heterocycles. The van der Waals surface area contributed by atoms with E-state index in [1.54, 1.807) is 12.3 Å². The van der Waals surface area contributed by atoms with E-state index >= 15 is 0 Å². The van der Waals surface area contributed by atoms with Crippen LogP contribution in [0.5, 0.6) is 0 Å². The summed E-state index contributed by atoms with van der Waals surface area (Å²) in [5.74, 6) is -0.977. The van der Waals surface area contributed by atoms with Crippen LogP contribution in [0.4, 0.5) is 0 Å². The molecule has 0 fully saturated rings. The number of rotatable bonds is 2. The number of carbonyl (C=O) groups is 1. The first-order valence-corrected chi connectivity index (χ1v) is 5.22. The quantitative estimate of drug-likeness (QED) is 0.801. The third-order valence-corrected chi connectivity index (χ3v) is 2.53. The van der Waals surface area contributed by atoms with Gasteiger partial charge in [0.15, 0.2) is 0 Å². The van der Waals surface area contributed by atoms with Crippen LogP contribution in [0.1, 0.15) is 17.0 Å². The molecule has 0 radical (unpaired) electrons. The Labute approximate surface area is 98.6 Å². The summed E-state index contributed by atoms with van der Waals surface area (Å²) < 4.78 is 0. The number of aryl methyl sites for hydroxylation is 2. The predicted octanol–water partition coefficient (Wildman–Crippen LogP) is 2.34. The summed E-state index contributed by atoms with van der Waals surface area (Å²) in [6, 6.07) is 3.70. The van der Waals surface area contributed by atoms with Gasteiger partial charge in [-0.15, -0.1) is 0 Å². The number of aliphatic carboxylic acids is 1. The summed E-state index contributed by atoms with van der Waals surface area (Å²) in [5.41, 5.74) is 3.40. The van der Waals surface area contributed by atoms with Crippen LogP contribution in [0.25, 0.3) is 17.0 Å². The highest BCUT2D eigenvalue weighted by Gasteiger charge is 2.03. The van der Waals surface area contributed by atoms with Crippen LogP contribution in [0, 0.1) is 13.8 Å². The molecular formula is C13H12N2O2. The van der Waals surface area contributed by atoms with Gasteiger partial charge in [0.1, 0.15) is 0 Å². The summed E-state index contributed by atoms with van der Waals surface area (Å²) in [7, 11) is 0. The van der Waals surface area contributed by atoms with Crippen molar-refractivity contribution in [2.24, 2.45) is 0 Å². The molecule has 4 heteroatoms. The SMILES string of the molecule is Cc1ncc(C)c2nc(/C=C/C(=O)O)ccc12. The summed E-state index contributed by atoms with van der Waals surface area (Å²) in [4.78, 5) is 19.1. The van der Waals surface area contributed by atoms with Crippen LogP contribution >= 0.6 is 0 Å². The molecule has 0 atom stereocenters. The Morgan fingerprint density at radius 1 is 1.35 bits per heavy atom. The van der Waals surface area contributed by atoms with Crippen LogP contribution in [0.3, 0.4) is 0 Å². The Kier molecular flexibility index (Phi) is 2.87. The Balaban J connectivity index is 2.57. The summed E-state index contributed by atoms with van der Waals surface area (Å²) in [6.07, 6.45) is 4.34. The van der Waals surface area contributed by atoms with Crippen molar-refractivity contribution in [3.05, 3.63) is 41.4 Å². The highest BCUT2D eigenvalue weighted by atomic mass is 16.4. The zero-order valence-corrected chi connectivity index (χ0v) is 9.64. The number of pyridine rings is 2. The second-order valence-corrected chi connectivity index (χ2v) is 3.83. The van der Waals surface area contributed by atoms with E-state index < -0.39 is 5.97 Å². The molecule has 2 rings (SSSR count). The van der Waals surface area contributed by atoms with Crippen molar-refractivity contribution >= 4 is 22.9 Å². The molecule has 4 nitrogen and oxygen atoms in total. The van der Waals surface area contributed by atoms with E-state index in [2.05, 4.69) is 9.97 Å². The van der Waals surface area contributed by atoms with E-state index in [1.165, 1.54) is 6.08 Å². The first-order valence-electron chi connectivity index (χ1n) is 5.22. The zero-order chi connectivity index (χ0) is 12.4. The molecule has 17 heavy (non-hydrogen) atoms. The molecule has 0 spiro atoms. The average molecular weight is 228 g/mol. The van der Waals surface area contributed by atoms with Crippen LogP contribution in [-0.4, -0.2) is 21.0 Å². The van der Waals surface area contributed by atoms with Crippen molar-refractivity contribution in [1.29, 1.82) is 0 Å². The number of aromatic nitrogens is 2. The first-order chi connectivity index (χ1) is 8.08. The van der Waals surface area contributed by atoms with Gasteiger partial charge < -0.3 is 5.11 Å². The normalized spacial score (nSPS) is 11.2. The van der Waals surface area contributed by atoms with Crippen LogP contribution in [0.15, 0.2) is 24.4 Å². The van der Waals surface area contributed by atoms with Crippen LogP contribution < -0.4 is 0 Å². The topological polar surface area (TPSA) is 63.1 Å². The molecule has 0 aliphatic carbocycles. The fourth-order valence-electron chi connectivity index (χ4n) is 1.64. The van der Waals surface area contributed by atoms with Gasteiger partial charge in [0.05, 0.1) is 11.2 Å². The van der Waals surface area contributed by atoms with E-state index in [1.807, 2.05) is 19.9 Å². The van der Waals surface area contributed by atoms with Crippen molar-refractivity contribution in [3.63, 3.8) is 0 Å². The molecule has 2 aromatic rings. The van der Waals surface area contributed by atoms with E-state index in [9.17, 15) is 4.79 Å². The predicted molar refractivity (Wildman–Crippen MR) is 65.7 cm³/mol. The van der Waals surface area contributed by atoms with Gasteiger partial charge in [0.25, 0.3) is 0 Å². The van der Waals surface area contributed by atoms with Crippen LogP contribution in [-0.2, 0) is 4.79 Å². The number of fused-ring (bicyclic) bond motifs is 1. The minimum atomic E-state index is -0.977. The molecule has 0 unspecified atom stereocenters. The highest BCUT2D eigenvalue weighted by molar-refractivity contribution is 5.87. The van der Waals surface area contributed by atoms with Crippen molar-refractivity contribution in [2.75, 3.05) is 0 Å². The van der Waals surface area contributed by atoms with E-state index in [0.29, 0.717) is 5.69 Å². The minimum absolute atomic E-state index is 0.633. The van der Waals surface area contributed by atoms with Gasteiger partial charge in [-0.1, -0.05) is 0 Å². The van der Waals surface area contributed by atoms with Gasteiger partial charge >= 0.3 is 5.97 Å². The number of hydrogen-bond donors (Lipinski definition) is 1. The Hall–Kier alpha value is -2.23. The second-order valence-electron chi connectivity index (χ2n) is 3.83. The largest absolute Gasteiger partial charge is 0.478 e. The van der Waals surface area contributed by atoms with Gasteiger partial charge in [-0.05, 0) is 37.6 Å². The lowest BCUT2D eigenvalue weighted by atomic mass is 10.1. The standard InChI is InChI=1S/C13H12N2O2/c1-8-7-14-9(2)11-5-3-10(15-13(8)11)4-6-12(16)17/h3-7H,1-2H3,(H,16,17)/b6-4+. The molecule has 0 aliphatic rings. The Morgan fingerprint density at radius 2 is 2.12 bits per heavy atom. The number of carboxylic acids is 1. The monoisotopic (exact) mass is 228 g/mol. The third-order valence-electron chi connectivity index (χ3n) is 2.53. The molecule has 0 amide bonds. The van der Waals surface area contributed by atoms with E-state index in [-0.39, 0.29) is 0 Å². The maximum absolute atomic E-state index is 10.4. The lowest BCUT2D eigenvalue weighted by molar-refractivity contribution is -0.131. The molecule has 0 aliphatic heterocycles. The molecular weight excluding hydrogens is 216 g/mol.